The van der Waals surface area contributed by atoms with Crippen LogP contribution in [0.2, 0.25) is 0 Å². The van der Waals surface area contributed by atoms with Gasteiger partial charge in [0.2, 0.25) is 0 Å². The Labute approximate surface area is 359 Å². The van der Waals surface area contributed by atoms with Crippen LogP contribution in [0.15, 0.2) is 101 Å². The second-order valence-electron chi connectivity index (χ2n) is 16.0. The van der Waals surface area contributed by atoms with Crippen molar-refractivity contribution < 1.29 is 37.5 Å². The summed E-state index contributed by atoms with van der Waals surface area (Å²) in [6.07, 6.45) is -0.377. The van der Waals surface area contributed by atoms with Gasteiger partial charge in [0.15, 0.2) is 5.12 Å². The highest BCUT2D eigenvalue weighted by molar-refractivity contribution is 8.13. The Bertz CT molecular complexity index is 2000. The summed E-state index contributed by atoms with van der Waals surface area (Å²) < 4.78 is 48.0. The largest absolute Gasteiger partial charge is 0.497 e. The molecule has 3 aromatic carbocycles. The Kier molecular flexibility index (Phi) is 17.1. The second kappa shape index (κ2) is 21.8. The molecular formula is C45H60N3O10PS. The fourth-order valence-electron chi connectivity index (χ4n) is 6.99. The highest BCUT2D eigenvalue weighted by Crippen LogP contribution is 2.50. The second-order valence-corrected chi connectivity index (χ2v) is 18.5. The molecule has 1 saturated heterocycles. The van der Waals surface area contributed by atoms with E-state index in [4.69, 9.17) is 32.7 Å². The average Bonchev–Trinajstić information content (AvgIpc) is 3.62. The van der Waals surface area contributed by atoms with Crippen molar-refractivity contribution in [3.63, 3.8) is 0 Å². The van der Waals surface area contributed by atoms with Gasteiger partial charge in [-0.25, -0.2) is 9.46 Å². The van der Waals surface area contributed by atoms with Crippen molar-refractivity contribution in [3.8, 4) is 11.5 Å². The van der Waals surface area contributed by atoms with Gasteiger partial charge in [0.25, 0.3) is 14.1 Å². The van der Waals surface area contributed by atoms with Crippen LogP contribution in [-0.4, -0.2) is 90.0 Å². The average molecular weight is 866 g/mol. The van der Waals surface area contributed by atoms with Crippen LogP contribution < -0.4 is 20.7 Å². The molecule has 60 heavy (non-hydrogen) atoms. The number of rotatable bonds is 21. The highest BCUT2D eigenvalue weighted by atomic mass is 32.2. The molecule has 5 rings (SSSR count). The summed E-state index contributed by atoms with van der Waals surface area (Å²) in [5.41, 5.74) is -0.0757. The molecule has 13 nitrogen and oxygen atoms in total. The first-order valence-corrected chi connectivity index (χ1v) is 22.4. The van der Waals surface area contributed by atoms with Crippen molar-refractivity contribution in [2.24, 2.45) is 5.41 Å². The smallest absolute Gasteiger partial charge is 0.330 e. The van der Waals surface area contributed by atoms with Gasteiger partial charge in [0.05, 0.1) is 46.8 Å². The molecule has 0 bridgehead atoms. The van der Waals surface area contributed by atoms with E-state index in [1.54, 1.807) is 14.2 Å². The Morgan fingerprint density at radius 1 is 0.850 bits per heavy atom. The van der Waals surface area contributed by atoms with E-state index in [9.17, 15) is 14.4 Å². The minimum atomic E-state index is -1.69. The molecule has 1 fully saturated rings. The fourth-order valence-corrected chi connectivity index (χ4v) is 9.56. The summed E-state index contributed by atoms with van der Waals surface area (Å²) in [5, 5.41) is 0.123. The van der Waals surface area contributed by atoms with E-state index in [0.29, 0.717) is 30.5 Å². The number of benzene rings is 3. The lowest BCUT2D eigenvalue weighted by molar-refractivity contribution is -0.117. The third-order valence-electron chi connectivity index (χ3n) is 9.95. The van der Waals surface area contributed by atoms with E-state index in [2.05, 4.69) is 37.3 Å². The van der Waals surface area contributed by atoms with Gasteiger partial charge in [-0.1, -0.05) is 87.1 Å². The van der Waals surface area contributed by atoms with Gasteiger partial charge in [0.1, 0.15) is 29.4 Å². The number of hydrogen-bond donors (Lipinski definition) is 1. The van der Waals surface area contributed by atoms with Crippen LogP contribution in [0, 0.1) is 5.41 Å². The van der Waals surface area contributed by atoms with E-state index < -0.39 is 49.2 Å². The highest BCUT2D eigenvalue weighted by Gasteiger charge is 2.45. The van der Waals surface area contributed by atoms with Crippen molar-refractivity contribution in [2.45, 2.75) is 91.0 Å². The SMILES string of the molecule is COc1ccc(C(OCC2OC(n3ccc(=O)[nH]c3=O)C[C@H]2OP(OCCOCCSC(=O)C(C)(C)C)N(C(C)C)C(C)C)(c2ccccc2)c2ccc(OC)cc2)cc1. The number of carbonyl (C=O) groups excluding carboxylic acids is 1. The van der Waals surface area contributed by atoms with Gasteiger partial charge in [0, 0.05) is 41.9 Å². The number of methoxy groups -OCH3 is 2. The summed E-state index contributed by atoms with van der Waals surface area (Å²) in [7, 11) is 1.57. The molecule has 0 amide bonds. The molecule has 0 aliphatic carbocycles. The zero-order valence-electron chi connectivity index (χ0n) is 36.1. The zero-order chi connectivity index (χ0) is 43.5. The number of aromatic nitrogens is 2. The number of carbonyl (C=O) groups is 1. The molecule has 1 aromatic heterocycles. The van der Waals surface area contributed by atoms with E-state index in [0.717, 1.165) is 16.7 Å². The van der Waals surface area contributed by atoms with Crippen molar-refractivity contribution in [1.29, 1.82) is 0 Å². The van der Waals surface area contributed by atoms with Crippen LogP contribution in [0.1, 0.15) is 77.8 Å². The minimum absolute atomic E-state index is 0.0345. The quantitative estimate of drug-likeness (QED) is 0.0495. The summed E-state index contributed by atoms with van der Waals surface area (Å²) >= 11 is 1.27. The number of hydrogen-bond acceptors (Lipinski definition) is 12. The van der Waals surface area contributed by atoms with Gasteiger partial charge in [-0.3, -0.25) is 19.1 Å². The molecule has 1 N–H and O–H groups in total. The minimum Gasteiger partial charge on any atom is -0.497 e. The fraction of sp³-hybridized carbons (Fsp3) is 0.489. The molecule has 0 saturated carbocycles. The summed E-state index contributed by atoms with van der Waals surface area (Å²) in [5.74, 6) is 1.95. The van der Waals surface area contributed by atoms with Crippen LogP contribution >= 0.6 is 20.3 Å². The molecule has 326 valence electrons. The van der Waals surface area contributed by atoms with E-state index in [1.807, 2.05) is 99.6 Å². The van der Waals surface area contributed by atoms with E-state index >= 15 is 0 Å². The first kappa shape index (κ1) is 47.2. The third-order valence-corrected chi connectivity index (χ3v) is 13.4. The molecule has 3 unspecified atom stereocenters. The number of ether oxygens (including phenoxy) is 5. The van der Waals surface area contributed by atoms with Gasteiger partial charge >= 0.3 is 5.69 Å². The number of aromatic amines is 1. The van der Waals surface area contributed by atoms with Crippen LogP contribution in [0.4, 0.5) is 0 Å². The van der Waals surface area contributed by atoms with E-state index in [1.165, 1.54) is 28.6 Å². The number of H-pyrrole nitrogens is 1. The first-order chi connectivity index (χ1) is 28.7. The van der Waals surface area contributed by atoms with Crippen LogP contribution in [0.3, 0.4) is 0 Å². The van der Waals surface area contributed by atoms with Crippen LogP contribution in [-0.2, 0) is 33.7 Å². The molecule has 2 heterocycles. The molecular weight excluding hydrogens is 806 g/mol. The summed E-state index contributed by atoms with van der Waals surface area (Å²) in [6, 6.07) is 26.9. The maximum absolute atomic E-state index is 13.1. The van der Waals surface area contributed by atoms with Gasteiger partial charge < -0.3 is 32.7 Å². The molecule has 4 aromatic rings. The lowest BCUT2D eigenvalue weighted by Crippen LogP contribution is -2.39. The Morgan fingerprint density at radius 3 is 1.97 bits per heavy atom. The first-order valence-electron chi connectivity index (χ1n) is 20.3. The van der Waals surface area contributed by atoms with Gasteiger partial charge in [-0.05, 0) is 68.7 Å². The monoisotopic (exact) mass is 865 g/mol. The van der Waals surface area contributed by atoms with Crippen molar-refractivity contribution in [2.75, 3.05) is 46.4 Å². The van der Waals surface area contributed by atoms with Crippen molar-refractivity contribution in [1.82, 2.24) is 14.2 Å². The predicted octanol–water partition coefficient (Wildman–Crippen LogP) is 7.92. The standard InChI is InChI=1S/C45H60N3O10PS/c1-31(2)48(32(3)4)59(56-26-25-54-27-28-60-42(50)44(5,6)7)58-38-29-41(47-24-23-40(49)46-43(47)51)57-39(38)30-55-45(33-13-11-10-12-14-33,34-15-19-36(52-8)20-16-34)35-17-21-37(53-9)22-18-35/h10-24,31-32,38-39,41H,25-30H2,1-9H3,(H,46,49,51)/t38-,39?,41?,59?/m1/s1. The normalized spacial score (nSPS) is 17.7. The third kappa shape index (κ3) is 11.9. The molecule has 1 aliphatic heterocycles. The Morgan fingerprint density at radius 2 is 1.43 bits per heavy atom. The molecule has 0 radical (unpaired) electrons. The summed E-state index contributed by atoms with van der Waals surface area (Å²) in [6.45, 7) is 15.1. The maximum Gasteiger partial charge on any atom is 0.330 e. The topological polar surface area (TPSA) is 140 Å². The summed E-state index contributed by atoms with van der Waals surface area (Å²) in [4.78, 5) is 39.9. The number of nitrogens with zero attached hydrogens (tertiary/aromatic N) is 2. The van der Waals surface area contributed by atoms with Gasteiger partial charge in [-0.15, -0.1) is 0 Å². The van der Waals surface area contributed by atoms with Crippen molar-refractivity contribution in [3.05, 3.63) is 129 Å². The zero-order valence-corrected chi connectivity index (χ0v) is 37.8. The van der Waals surface area contributed by atoms with Crippen LogP contribution in [0.25, 0.3) is 0 Å². The van der Waals surface area contributed by atoms with E-state index in [-0.39, 0.29) is 36.8 Å². The Hall–Kier alpha value is -3.85. The maximum atomic E-state index is 13.1. The molecule has 1 aliphatic rings. The molecule has 15 heteroatoms. The Balaban J connectivity index is 1.48. The molecule has 0 spiro atoms. The van der Waals surface area contributed by atoms with Gasteiger partial charge in [-0.2, -0.15) is 0 Å². The van der Waals surface area contributed by atoms with Crippen LogP contribution in [0.5, 0.6) is 11.5 Å². The lowest BCUT2D eigenvalue weighted by atomic mass is 9.80. The molecule has 4 atom stereocenters. The number of nitrogens with one attached hydrogen (secondary N) is 1. The number of thioether (sulfide) groups is 1. The predicted molar refractivity (Wildman–Crippen MR) is 236 cm³/mol. The lowest BCUT2D eigenvalue weighted by Gasteiger charge is -2.39. The van der Waals surface area contributed by atoms with Crippen molar-refractivity contribution >= 4 is 25.4 Å².